The molecular weight excluding hydrogens is 334 g/mol. The van der Waals surface area contributed by atoms with E-state index in [9.17, 15) is 10.1 Å². The molecule has 0 atom stereocenters. The molecule has 0 aliphatic carbocycles. The Morgan fingerprint density at radius 2 is 2.32 bits per heavy atom. The monoisotopic (exact) mass is 353 g/mol. The van der Waals surface area contributed by atoms with Crippen molar-refractivity contribution in [3.8, 4) is 6.07 Å². The fraction of sp³-hybridized carbons (Fsp3) is 0.278. The molecule has 0 spiro atoms. The van der Waals surface area contributed by atoms with E-state index in [1.165, 1.54) is 11.1 Å². The van der Waals surface area contributed by atoms with Crippen molar-refractivity contribution in [1.29, 1.82) is 5.26 Å². The third-order valence-corrected chi connectivity index (χ3v) is 4.92. The zero-order valence-electron chi connectivity index (χ0n) is 14.2. The van der Waals surface area contributed by atoms with E-state index >= 15 is 0 Å². The van der Waals surface area contributed by atoms with Gasteiger partial charge in [-0.3, -0.25) is 4.79 Å². The van der Waals surface area contributed by atoms with Crippen molar-refractivity contribution in [2.75, 3.05) is 24.2 Å². The van der Waals surface area contributed by atoms with E-state index in [-0.39, 0.29) is 5.57 Å². The first-order chi connectivity index (χ1) is 12.0. The van der Waals surface area contributed by atoms with Gasteiger partial charge in [0.15, 0.2) is 5.13 Å². The summed E-state index contributed by atoms with van der Waals surface area (Å²) in [4.78, 5) is 20.3. The smallest absolute Gasteiger partial charge is 0.267 e. The van der Waals surface area contributed by atoms with Gasteiger partial charge in [0.2, 0.25) is 0 Å². The number of nitrogens with zero attached hydrogens (tertiary/aromatic N) is 3. The zero-order chi connectivity index (χ0) is 17.8. The number of carbonyl (C=O) groups is 1. The molecule has 25 heavy (non-hydrogen) atoms. The first-order valence-corrected chi connectivity index (χ1v) is 8.79. The molecule has 0 fully saturated rings. The summed E-state index contributed by atoms with van der Waals surface area (Å²) in [6, 6.07) is 9.38. The normalized spacial score (nSPS) is 14.5. The summed E-state index contributed by atoms with van der Waals surface area (Å²) in [5.74, 6) is -0.443. The number of carbonyl (C=O) groups excluding carboxylic acids is 1. The standard InChI is InChI=1S/C18H19N5OS/c1-12-4-3-5-14(8-12)21-17(24)13(9-19)10-20-18-22-15-6-7-23(2)11-16(15)25-18/h3-5,8,10H,6-7,11H2,1-2H3,(H,20,22)(H,21,24)/b13-10-. The number of aromatic nitrogens is 1. The number of benzene rings is 1. The molecule has 1 aromatic carbocycles. The molecule has 0 saturated carbocycles. The van der Waals surface area contributed by atoms with E-state index in [1.54, 1.807) is 17.4 Å². The van der Waals surface area contributed by atoms with Gasteiger partial charge in [-0.25, -0.2) is 4.98 Å². The lowest BCUT2D eigenvalue weighted by molar-refractivity contribution is -0.112. The van der Waals surface area contributed by atoms with Crippen molar-refractivity contribution in [2.24, 2.45) is 0 Å². The number of fused-ring (bicyclic) bond motifs is 1. The molecule has 7 heteroatoms. The van der Waals surface area contributed by atoms with E-state index in [1.807, 2.05) is 31.2 Å². The number of hydrogen-bond donors (Lipinski definition) is 2. The van der Waals surface area contributed by atoms with Crippen LogP contribution < -0.4 is 10.6 Å². The zero-order valence-corrected chi connectivity index (χ0v) is 15.0. The quantitative estimate of drug-likeness (QED) is 0.652. The van der Waals surface area contributed by atoms with Crippen molar-refractivity contribution in [2.45, 2.75) is 19.9 Å². The summed E-state index contributed by atoms with van der Waals surface area (Å²) in [6.07, 6.45) is 2.34. The number of hydrogen-bond acceptors (Lipinski definition) is 6. The van der Waals surface area contributed by atoms with E-state index in [4.69, 9.17) is 0 Å². The average molecular weight is 353 g/mol. The molecule has 0 bridgehead atoms. The number of nitrogens with one attached hydrogen (secondary N) is 2. The fourth-order valence-corrected chi connectivity index (χ4v) is 3.65. The first kappa shape index (κ1) is 17.1. The second kappa shape index (κ2) is 7.47. The van der Waals surface area contributed by atoms with Crippen molar-refractivity contribution in [1.82, 2.24) is 9.88 Å². The van der Waals surface area contributed by atoms with E-state index in [0.717, 1.165) is 30.8 Å². The van der Waals surface area contributed by atoms with Gasteiger partial charge in [-0.15, -0.1) is 11.3 Å². The molecular formula is C18H19N5OS. The minimum atomic E-state index is -0.443. The Bertz CT molecular complexity index is 865. The Hall–Kier alpha value is -2.69. The second-order valence-corrected chi connectivity index (χ2v) is 7.10. The van der Waals surface area contributed by atoms with Crippen LogP contribution in [-0.2, 0) is 17.8 Å². The maximum Gasteiger partial charge on any atom is 0.267 e. The third-order valence-electron chi connectivity index (χ3n) is 3.90. The highest BCUT2D eigenvalue weighted by molar-refractivity contribution is 7.15. The van der Waals surface area contributed by atoms with Gasteiger partial charge in [0.1, 0.15) is 11.6 Å². The Morgan fingerprint density at radius 1 is 1.48 bits per heavy atom. The molecule has 2 aromatic rings. The maximum atomic E-state index is 12.2. The highest BCUT2D eigenvalue weighted by atomic mass is 32.1. The minimum absolute atomic E-state index is 0.00629. The molecule has 1 aromatic heterocycles. The summed E-state index contributed by atoms with van der Waals surface area (Å²) in [6.45, 7) is 3.83. The van der Waals surface area contributed by atoms with Crippen LogP contribution in [0.1, 0.15) is 16.1 Å². The largest absolute Gasteiger partial charge is 0.337 e. The highest BCUT2D eigenvalue weighted by Gasteiger charge is 2.18. The minimum Gasteiger partial charge on any atom is -0.337 e. The number of amides is 1. The molecule has 1 aliphatic rings. The number of aryl methyl sites for hydroxylation is 1. The van der Waals surface area contributed by atoms with Gasteiger partial charge in [-0.1, -0.05) is 12.1 Å². The van der Waals surface area contributed by atoms with Crippen LogP contribution in [0.25, 0.3) is 0 Å². The fourth-order valence-electron chi connectivity index (χ4n) is 2.59. The molecule has 3 rings (SSSR count). The predicted octanol–water partition coefficient (Wildman–Crippen LogP) is 2.90. The second-order valence-electron chi connectivity index (χ2n) is 6.01. The summed E-state index contributed by atoms with van der Waals surface area (Å²) < 4.78 is 0. The summed E-state index contributed by atoms with van der Waals surface area (Å²) >= 11 is 1.56. The van der Waals surface area contributed by atoms with Gasteiger partial charge in [0, 0.05) is 36.3 Å². The van der Waals surface area contributed by atoms with Crippen molar-refractivity contribution < 1.29 is 4.79 Å². The molecule has 0 radical (unpaired) electrons. The highest BCUT2D eigenvalue weighted by Crippen LogP contribution is 2.27. The number of nitriles is 1. The lowest BCUT2D eigenvalue weighted by Crippen LogP contribution is -2.25. The van der Waals surface area contributed by atoms with Crippen LogP contribution in [0.4, 0.5) is 10.8 Å². The number of anilines is 2. The molecule has 1 aliphatic heterocycles. The van der Waals surface area contributed by atoms with Crippen molar-refractivity contribution in [3.05, 3.63) is 52.2 Å². The Balaban J connectivity index is 1.68. The SMILES string of the molecule is Cc1cccc(NC(=O)/C(C#N)=C\Nc2nc3c(s2)CN(C)CC3)c1. The number of thiazole rings is 1. The van der Waals surface area contributed by atoms with E-state index in [2.05, 4.69) is 27.6 Å². The van der Waals surface area contributed by atoms with Crippen LogP contribution in [0.3, 0.4) is 0 Å². The topological polar surface area (TPSA) is 81.0 Å². The Labute approximate surface area is 150 Å². The average Bonchev–Trinajstić information content (AvgIpc) is 2.97. The van der Waals surface area contributed by atoms with Crippen LogP contribution in [0.5, 0.6) is 0 Å². The predicted molar refractivity (Wildman–Crippen MR) is 99.3 cm³/mol. The van der Waals surface area contributed by atoms with Gasteiger partial charge in [-0.05, 0) is 31.7 Å². The van der Waals surface area contributed by atoms with Gasteiger partial charge in [0.05, 0.1) is 5.69 Å². The molecule has 128 valence electrons. The van der Waals surface area contributed by atoms with Gasteiger partial charge in [0.25, 0.3) is 5.91 Å². The van der Waals surface area contributed by atoms with Gasteiger partial charge < -0.3 is 15.5 Å². The number of likely N-dealkylation sites (N-methyl/N-ethyl adjacent to an activating group) is 1. The first-order valence-electron chi connectivity index (χ1n) is 7.97. The van der Waals surface area contributed by atoms with Crippen LogP contribution in [0, 0.1) is 18.3 Å². The van der Waals surface area contributed by atoms with Crippen LogP contribution in [0.15, 0.2) is 36.0 Å². The van der Waals surface area contributed by atoms with Crippen LogP contribution in [-0.4, -0.2) is 29.4 Å². The molecule has 0 saturated heterocycles. The summed E-state index contributed by atoms with van der Waals surface area (Å²) in [5, 5.41) is 15.7. The third kappa shape index (κ3) is 4.24. The summed E-state index contributed by atoms with van der Waals surface area (Å²) in [7, 11) is 2.08. The number of rotatable bonds is 4. The van der Waals surface area contributed by atoms with E-state index in [0.29, 0.717) is 10.8 Å². The Kier molecular flexibility index (Phi) is 5.12. The van der Waals surface area contributed by atoms with Crippen molar-refractivity contribution in [3.63, 3.8) is 0 Å². The lowest BCUT2D eigenvalue weighted by Gasteiger charge is -2.20. The van der Waals surface area contributed by atoms with Gasteiger partial charge in [-0.2, -0.15) is 5.26 Å². The summed E-state index contributed by atoms with van der Waals surface area (Å²) in [5.41, 5.74) is 2.81. The maximum absolute atomic E-state index is 12.2. The molecule has 0 unspecified atom stereocenters. The van der Waals surface area contributed by atoms with Crippen LogP contribution >= 0.6 is 11.3 Å². The molecule has 1 amide bonds. The molecule has 2 N–H and O–H groups in total. The van der Waals surface area contributed by atoms with Gasteiger partial charge >= 0.3 is 0 Å². The lowest BCUT2D eigenvalue weighted by atomic mass is 10.2. The van der Waals surface area contributed by atoms with Crippen LogP contribution in [0.2, 0.25) is 0 Å². The van der Waals surface area contributed by atoms with E-state index < -0.39 is 5.91 Å². The Morgan fingerprint density at radius 3 is 3.08 bits per heavy atom. The molecule has 6 nitrogen and oxygen atoms in total. The molecule has 2 heterocycles. The van der Waals surface area contributed by atoms with Crippen molar-refractivity contribution >= 4 is 28.1 Å².